The lowest BCUT2D eigenvalue weighted by Gasteiger charge is -2.23. The molecule has 0 radical (unpaired) electrons. The highest BCUT2D eigenvalue weighted by Gasteiger charge is 2.32. The van der Waals surface area contributed by atoms with E-state index in [9.17, 15) is 0 Å². The Kier molecular flexibility index (Phi) is 3.25. The van der Waals surface area contributed by atoms with E-state index in [0.717, 1.165) is 24.5 Å². The summed E-state index contributed by atoms with van der Waals surface area (Å²) in [5.74, 6) is 2.05. The number of imidazole rings is 1. The molecule has 0 spiro atoms. The third-order valence-corrected chi connectivity index (χ3v) is 3.72. The smallest absolute Gasteiger partial charge is 0.129 e. The third kappa shape index (κ3) is 2.12. The Morgan fingerprint density at radius 3 is 3.05 bits per heavy atom. The van der Waals surface area contributed by atoms with E-state index in [2.05, 4.69) is 33.9 Å². The van der Waals surface area contributed by atoms with Crippen molar-refractivity contribution in [3.63, 3.8) is 0 Å². The van der Waals surface area contributed by atoms with Crippen molar-refractivity contribution in [1.29, 1.82) is 0 Å². The number of hydrogen-bond acceptors (Lipinski definition) is 3. The van der Waals surface area contributed by atoms with E-state index in [-0.39, 0.29) is 12.1 Å². The summed E-state index contributed by atoms with van der Waals surface area (Å²) in [6, 6.07) is 8.36. The number of benzene rings is 1. The summed E-state index contributed by atoms with van der Waals surface area (Å²) in [4.78, 5) is 4.49. The van der Waals surface area contributed by atoms with Crippen LogP contribution in [0, 0.1) is 0 Å². The monoisotopic (exact) mass is 257 g/mol. The van der Waals surface area contributed by atoms with E-state index in [1.165, 1.54) is 5.56 Å². The average Bonchev–Trinajstić information content (AvgIpc) is 3.05. The summed E-state index contributed by atoms with van der Waals surface area (Å²) in [6.45, 7) is 3.05. The normalized spacial score (nSPS) is 18.9. The van der Waals surface area contributed by atoms with Crippen LogP contribution < -0.4 is 10.1 Å². The number of aryl methyl sites for hydroxylation is 1. The maximum absolute atomic E-state index is 6.07. The van der Waals surface area contributed by atoms with Crippen LogP contribution in [0.4, 0.5) is 0 Å². The van der Waals surface area contributed by atoms with E-state index in [1.54, 1.807) is 0 Å². The summed E-state index contributed by atoms with van der Waals surface area (Å²) in [7, 11) is 1.96. The number of nitrogens with one attached hydrogen (secondary N) is 1. The predicted octanol–water partition coefficient (Wildman–Crippen LogP) is 2.17. The zero-order valence-electron chi connectivity index (χ0n) is 11.3. The number of para-hydroxylation sites is 1. The number of nitrogens with zero attached hydrogens (tertiary/aromatic N) is 2. The molecule has 0 saturated heterocycles. The molecule has 4 heteroatoms. The average molecular weight is 257 g/mol. The minimum atomic E-state index is 0.107. The summed E-state index contributed by atoms with van der Waals surface area (Å²) in [6.07, 6.45) is 4.90. The standard InChI is InChI=1S/C15H19N3O/c1-3-18-9-8-17-15(18)14(16-2)13-10-11-6-4-5-7-12(11)19-13/h4-9,13-14,16H,3,10H2,1-2H3. The molecule has 1 aliphatic heterocycles. The molecule has 0 aliphatic carbocycles. The Balaban J connectivity index is 1.86. The van der Waals surface area contributed by atoms with Crippen LogP contribution in [0.15, 0.2) is 36.7 Å². The quantitative estimate of drug-likeness (QED) is 0.912. The van der Waals surface area contributed by atoms with Gasteiger partial charge in [0.15, 0.2) is 0 Å². The first kappa shape index (κ1) is 12.2. The highest BCUT2D eigenvalue weighted by atomic mass is 16.5. The van der Waals surface area contributed by atoms with Gasteiger partial charge in [-0.05, 0) is 25.6 Å². The zero-order valence-corrected chi connectivity index (χ0v) is 11.3. The van der Waals surface area contributed by atoms with E-state index < -0.39 is 0 Å². The van der Waals surface area contributed by atoms with Crippen molar-refractivity contribution in [2.24, 2.45) is 0 Å². The molecule has 1 aromatic carbocycles. The molecule has 19 heavy (non-hydrogen) atoms. The molecule has 1 aromatic heterocycles. The number of hydrogen-bond donors (Lipinski definition) is 1. The molecule has 3 rings (SSSR count). The highest BCUT2D eigenvalue weighted by Crippen LogP contribution is 2.33. The molecular weight excluding hydrogens is 238 g/mol. The molecule has 0 saturated carbocycles. The lowest BCUT2D eigenvalue weighted by atomic mass is 10.0. The molecule has 0 amide bonds. The third-order valence-electron chi connectivity index (χ3n) is 3.72. The minimum Gasteiger partial charge on any atom is -0.488 e. The molecule has 2 atom stereocenters. The van der Waals surface area contributed by atoms with Crippen LogP contribution in [0.5, 0.6) is 5.75 Å². The molecule has 1 N–H and O–H groups in total. The lowest BCUT2D eigenvalue weighted by molar-refractivity contribution is 0.176. The molecule has 2 aromatic rings. The molecule has 4 nitrogen and oxygen atoms in total. The first-order valence-electron chi connectivity index (χ1n) is 6.76. The van der Waals surface area contributed by atoms with Crippen LogP contribution in [-0.4, -0.2) is 22.7 Å². The van der Waals surface area contributed by atoms with E-state index in [4.69, 9.17) is 4.74 Å². The Bertz CT molecular complexity index is 539. The van der Waals surface area contributed by atoms with Crippen LogP contribution in [0.2, 0.25) is 0 Å². The van der Waals surface area contributed by atoms with Crippen molar-refractivity contribution in [3.05, 3.63) is 48.0 Å². The maximum Gasteiger partial charge on any atom is 0.129 e. The van der Waals surface area contributed by atoms with Gasteiger partial charge in [0.05, 0.1) is 0 Å². The van der Waals surface area contributed by atoms with Crippen LogP contribution in [0.1, 0.15) is 24.4 Å². The van der Waals surface area contributed by atoms with Gasteiger partial charge in [-0.15, -0.1) is 0 Å². The number of fused-ring (bicyclic) bond motifs is 1. The fourth-order valence-corrected chi connectivity index (χ4v) is 2.74. The van der Waals surface area contributed by atoms with E-state index in [0.29, 0.717) is 0 Å². The Morgan fingerprint density at radius 2 is 2.32 bits per heavy atom. The second kappa shape index (κ2) is 5.05. The van der Waals surface area contributed by atoms with Gasteiger partial charge >= 0.3 is 0 Å². The van der Waals surface area contributed by atoms with E-state index >= 15 is 0 Å². The second-order valence-electron chi connectivity index (χ2n) is 4.81. The van der Waals surface area contributed by atoms with Gasteiger partial charge in [-0.3, -0.25) is 0 Å². The van der Waals surface area contributed by atoms with Crippen molar-refractivity contribution in [2.45, 2.75) is 32.0 Å². The Morgan fingerprint density at radius 1 is 1.47 bits per heavy atom. The van der Waals surface area contributed by atoms with Crippen molar-refractivity contribution in [3.8, 4) is 5.75 Å². The van der Waals surface area contributed by atoms with Gasteiger partial charge in [0, 0.05) is 25.4 Å². The molecule has 0 bridgehead atoms. The fraction of sp³-hybridized carbons (Fsp3) is 0.400. The van der Waals surface area contributed by atoms with E-state index in [1.807, 2.05) is 31.6 Å². The number of likely N-dealkylation sites (N-methyl/N-ethyl adjacent to an activating group) is 1. The van der Waals surface area contributed by atoms with Crippen LogP contribution in [0.25, 0.3) is 0 Å². The fourth-order valence-electron chi connectivity index (χ4n) is 2.74. The lowest BCUT2D eigenvalue weighted by Crippen LogP contribution is -2.34. The number of rotatable bonds is 4. The van der Waals surface area contributed by atoms with Gasteiger partial charge < -0.3 is 14.6 Å². The predicted molar refractivity (Wildman–Crippen MR) is 74.3 cm³/mol. The SMILES string of the molecule is CCn1ccnc1C(NC)C1Cc2ccccc2O1. The largest absolute Gasteiger partial charge is 0.488 e. The molecule has 1 aliphatic rings. The van der Waals surface area contributed by atoms with Crippen molar-refractivity contribution >= 4 is 0 Å². The van der Waals surface area contributed by atoms with Crippen molar-refractivity contribution in [2.75, 3.05) is 7.05 Å². The number of aromatic nitrogens is 2. The maximum atomic E-state index is 6.07. The summed E-state index contributed by atoms with van der Waals surface area (Å²) in [5, 5.41) is 3.35. The van der Waals surface area contributed by atoms with Crippen LogP contribution in [0.3, 0.4) is 0 Å². The van der Waals surface area contributed by atoms with Gasteiger partial charge in [-0.1, -0.05) is 18.2 Å². The van der Waals surface area contributed by atoms with Crippen molar-refractivity contribution < 1.29 is 4.74 Å². The summed E-state index contributed by atoms with van der Waals surface area (Å²) in [5.41, 5.74) is 1.28. The zero-order chi connectivity index (χ0) is 13.2. The van der Waals surface area contributed by atoms with Crippen LogP contribution >= 0.6 is 0 Å². The van der Waals surface area contributed by atoms with Gasteiger partial charge in [0.25, 0.3) is 0 Å². The topological polar surface area (TPSA) is 39.1 Å². The molecule has 100 valence electrons. The molecular formula is C15H19N3O. The van der Waals surface area contributed by atoms with Gasteiger partial charge in [-0.2, -0.15) is 0 Å². The first-order chi connectivity index (χ1) is 9.33. The molecule has 0 fully saturated rings. The number of ether oxygens (including phenoxy) is 1. The minimum absolute atomic E-state index is 0.107. The first-order valence-corrected chi connectivity index (χ1v) is 6.76. The van der Waals surface area contributed by atoms with Gasteiger partial charge in [-0.25, -0.2) is 4.98 Å². The summed E-state index contributed by atoms with van der Waals surface area (Å²) >= 11 is 0. The second-order valence-corrected chi connectivity index (χ2v) is 4.81. The summed E-state index contributed by atoms with van der Waals surface area (Å²) < 4.78 is 8.23. The Labute approximate surface area is 113 Å². The van der Waals surface area contributed by atoms with Gasteiger partial charge in [0.2, 0.25) is 0 Å². The molecule has 2 heterocycles. The van der Waals surface area contributed by atoms with Crippen LogP contribution in [-0.2, 0) is 13.0 Å². The Hall–Kier alpha value is -1.81. The van der Waals surface area contributed by atoms with Gasteiger partial charge in [0.1, 0.15) is 23.7 Å². The molecule has 2 unspecified atom stereocenters. The van der Waals surface area contributed by atoms with Crippen molar-refractivity contribution in [1.82, 2.24) is 14.9 Å². The highest BCUT2D eigenvalue weighted by molar-refractivity contribution is 5.38.